The van der Waals surface area contributed by atoms with Gasteiger partial charge in [-0.2, -0.15) is 0 Å². The predicted octanol–water partition coefficient (Wildman–Crippen LogP) is 1.20. The van der Waals surface area contributed by atoms with Crippen molar-refractivity contribution in [2.45, 2.75) is 25.8 Å². The molecular formula is C9H18N2. The molecule has 0 aromatic heterocycles. The highest BCUT2D eigenvalue weighted by atomic mass is 15.1. The predicted molar refractivity (Wildman–Crippen MR) is 48.5 cm³/mol. The Morgan fingerprint density at radius 2 is 2.00 bits per heavy atom. The Balaban J connectivity index is 2.30. The van der Waals surface area contributed by atoms with Crippen molar-refractivity contribution in [3.05, 3.63) is 12.3 Å². The summed E-state index contributed by atoms with van der Waals surface area (Å²) in [5.74, 6) is 0. The van der Waals surface area contributed by atoms with Gasteiger partial charge in [-0.15, -0.1) is 0 Å². The number of nitrogens with one attached hydrogen (secondary N) is 1. The number of nitrogens with zero attached hydrogens (tertiary/aromatic N) is 1. The zero-order chi connectivity index (χ0) is 8.27. The fraction of sp³-hybridized carbons (Fsp3) is 0.778. The van der Waals surface area contributed by atoms with E-state index in [1.54, 1.807) is 0 Å². The van der Waals surface area contributed by atoms with Crippen LogP contribution in [0.15, 0.2) is 12.3 Å². The molecule has 0 amide bonds. The van der Waals surface area contributed by atoms with Crippen LogP contribution in [0.2, 0.25) is 0 Å². The summed E-state index contributed by atoms with van der Waals surface area (Å²) in [4.78, 5) is 2.36. The van der Waals surface area contributed by atoms with Crippen molar-refractivity contribution in [3.8, 4) is 0 Å². The van der Waals surface area contributed by atoms with Crippen LogP contribution in [0.1, 0.15) is 19.8 Å². The highest BCUT2D eigenvalue weighted by molar-refractivity contribution is 4.92. The molecule has 0 aromatic carbocycles. The molecule has 1 N–H and O–H groups in total. The maximum Gasteiger partial charge on any atom is 0.0189 e. The van der Waals surface area contributed by atoms with E-state index in [1.807, 2.05) is 7.05 Å². The first-order valence-electron chi connectivity index (χ1n) is 4.31. The Kier molecular flexibility index (Phi) is 2.94. The molecule has 0 atom stereocenters. The van der Waals surface area contributed by atoms with E-state index in [-0.39, 0.29) is 0 Å². The van der Waals surface area contributed by atoms with Crippen molar-refractivity contribution < 1.29 is 0 Å². The molecule has 1 saturated heterocycles. The summed E-state index contributed by atoms with van der Waals surface area (Å²) in [6.45, 7) is 8.35. The van der Waals surface area contributed by atoms with E-state index in [0.717, 1.165) is 6.04 Å². The average Bonchev–Trinajstić information content (AvgIpc) is 2.05. The number of likely N-dealkylation sites (tertiary alicyclic amines) is 1. The van der Waals surface area contributed by atoms with Gasteiger partial charge in [-0.25, -0.2) is 0 Å². The van der Waals surface area contributed by atoms with Crippen molar-refractivity contribution in [2.75, 3.05) is 20.1 Å². The monoisotopic (exact) mass is 154 g/mol. The Labute approximate surface area is 69.3 Å². The minimum atomic E-state index is 0.727. The first-order valence-corrected chi connectivity index (χ1v) is 4.31. The van der Waals surface area contributed by atoms with Crippen LogP contribution in [0.3, 0.4) is 0 Å². The van der Waals surface area contributed by atoms with Crippen LogP contribution >= 0.6 is 0 Å². The molecule has 1 rings (SSSR count). The van der Waals surface area contributed by atoms with E-state index in [2.05, 4.69) is 23.7 Å². The van der Waals surface area contributed by atoms with Gasteiger partial charge in [0.1, 0.15) is 0 Å². The van der Waals surface area contributed by atoms with Crippen LogP contribution in [0.25, 0.3) is 0 Å². The normalized spacial score (nSPS) is 20.4. The van der Waals surface area contributed by atoms with E-state index < -0.39 is 0 Å². The molecule has 1 aliphatic heterocycles. The van der Waals surface area contributed by atoms with E-state index in [1.165, 1.54) is 31.6 Å². The van der Waals surface area contributed by atoms with Gasteiger partial charge in [0.25, 0.3) is 0 Å². The number of hydrogen-bond donors (Lipinski definition) is 1. The molecule has 64 valence electrons. The quantitative estimate of drug-likeness (QED) is 0.643. The lowest BCUT2D eigenvalue weighted by molar-refractivity contribution is 0.249. The van der Waals surface area contributed by atoms with Crippen molar-refractivity contribution >= 4 is 0 Å². The highest BCUT2D eigenvalue weighted by Crippen LogP contribution is 2.13. The summed E-state index contributed by atoms with van der Waals surface area (Å²) in [6.07, 6.45) is 2.51. The highest BCUT2D eigenvalue weighted by Gasteiger charge is 2.16. The minimum Gasteiger partial charge on any atom is -0.375 e. The molecule has 0 bridgehead atoms. The molecule has 0 aliphatic carbocycles. The van der Waals surface area contributed by atoms with Crippen molar-refractivity contribution in [1.82, 2.24) is 10.2 Å². The number of allylic oxidation sites excluding steroid dienone is 1. The zero-order valence-corrected chi connectivity index (χ0v) is 7.56. The largest absolute Gasteiger partial charge is 0.375 e. The molecule has 0 aromatic rings. The summed E-state index contributed by atoms with van der Waals surface area (Å²) in [5, 5.41) is 3.31. The zero-order valence-electron chi connectivity index (χ0n) is 7.56. The van der Waals surface area contributed by atoms with E-state index in [4.69, 9.17) is 0 Å². The van der Waals surface area contributed by atoms with Crippen LogP contribution in [-0.4, -0.2) is 31.1 Å². The summed E-state index contributed by atoms with van der Waals surface area (Å²) >= 11 is 0. The topological polar surface area (TPSA) is 15.3 Å². The van der Waals surface area contributed by atoms with Crippen LogP contribution in [-0.2, 0) is 0 Å². The van der Waals surface area contributed by atoms with Crippen molar-refractivity contribution in [3.63, 3.8) is 0 Å². The van der Waals surface area contributed by atoms with Crippen molar-refractivity contribution in [1.29, 1.82) is 0 Å². The van der Waals surface area contributed by atoms with Crippen LogP contribution in [0, 0.1) is 0 Å². The third-order valence-corrected chi connectivity index (χ3v) is 2.44. The molecule has 1 fully saturated rings. The standard InChI is InChI=1S/C9H18N2/c1-8(2)11-6-4-9(10-3)5-7-11/h9-10H,1,4-7H2,2-3H3. The SMILES string of the molecule is C=C(C)N1CCC(NC)CC1. The van der Waals surface area contributed by atoms with Gasteiger partial charge in [0.2, 0.25) is 0 Å². The second kappa shape index (κ2) is 3.77. The molecule has 2 heteroatoms. The maximum atomic E-state index is 3.94. The Morgan fingerprint density at radius 1 is 1.45 bits per heavy atom. The molecule has 1 heterocycles. The summed E-state index contributed by atoms with van der Waals surface area (Å²) in [7, 11) is 2.04. The number of rotatable bonds is 2. The van der Waals surface area contributed by atoms with Gasteiger partial charge in [-0.1, -0.05) is 6.58 Å². The Hall–Kier alpha value is -0.500. The molecular weight excluding hydrogens is 136 g/mol. The number of piperidine rings is 1. The molecule has 0 spiro atoms. The smallest absolute Gasteiger partial charge is 0.0189 e. The summed E-state index contributed by atoms with van der Waals surface area (Å²) in [5.41, 5.74) is 1.21. The third kappa shape index (κ3) is 2.22. The first kappa shape index (κ1) is 8.60. The molecule has 0 radical (unpaired) electrons. The Bertz CT molecular complexity index is 134. The molecule has 0 unspecified atom stereocenters. The minimum absolute atomic E-state index is 0.727. The lowest BCUT2D eigenvalue weighted by Gasteiger charge is -2.33. The second-order valence-corrected chi connectivity index (χ2v) is 3.29. The van der Waals surface area contributed by atoms with Gasteiger partial charge >= 0.3 is 0 Å². The number of hydrogen-bond acceptors (Lipinski definition) is 2. The van der Waals surface area contributed by atoms with Gasteiger partial charge in [0.05, 0.1) is 0 Å². The van der Waals surface area contributed by atoms with Crippen LogP contribution < -0.4 is 5.32 Å². The third-order valence-electron chi connectivity index (χ3n) is 2.44. The van der Waals surface area contributed by atoms with Crippen molar-refractivity contribution in [2.24, 2.45) is 0 Å². The fourth-order valence-electron chi connectivity index (χ4n) is 1.55. The Morgan fingerprint density at radius 3 is 2.36 bits per heavy atom. The molecule has 0 saturated carbocycles. The molecule has 2 nitrogen and oxygen atoms in total. The van der Waals surface area contributed by atoms with Gasteiger partial charge in [-0.05, 0) is 26.8 Å². The van der Waals surface area contributed by atoms with E-state index in [0.29, 0.717) is 0 Å². The molecule has 11 heavy (non-hydrogen) atoms. The van der Waals surface area contributed by atoms with Gasteiger partial charge < -0.3 is 10.2 Å². The van der Waals surface area contributed by atoms with E-state index in [9.17, 15) is 0 Å². The van der Waals surface area contributed by atoms with Gasteiger partial charge in [0, 0.05) is 24.8 Å². The second-order valence-electron chi connectivity index (χ2n) is 3.29. The van der Waals surface area contributed by atoms with Crippen LogP contribution in [0.5, 0.6) is 0 Å². The van der Waals surface area contributed by atoms with E-state index >= 15 is 0 Å². The van der Waals surface area contributed by atoms with Crippen LogP contribution in [0.4, 0.5) is 0 Å². The van der Waals surface area contributed by atoms with Gasteiger partial charge in [-0.3, -0.25) is 0 Å². The first-order chi connectivity index (χ1) is 5.24. The lowest BCUT2D eigenvalue weighted by atomic mass is 10.1. The fourth-order valence-corrected chi connectivity index (χ4v) is 1.55. The summed E-state index contributed by atoms with van der Waals surface area (Å²) < 4.78 is 0. The lowest BCUT2D eigenvalue weighted by Crippen LogP contribution is -2.40. The maximum absolute atomic E-state index is 3.94. The van der Waals surface area contributed by atoms with Gasteiger partial charge in [0.15, 0.2) is 0 Å². The average molecular weight is 154 g/mol. The summed E-state index contributed by atoms with van der Waals surface area (Å²) in [6, 6.07) is 0.727. The molecule has 1 aliphatic rings.